The molecule has 138 valence electrons. The van der Waals surface area contributed by atoms with E-state index in [0.717, 1.165) is 29.5 Å². The van der Waals surface area contributed by atoms with Gasteiger partial charge in [-0.2, -0.15) is 13.2 Å². The van der Waals surface area contributed by atoms with Gasteiger partial charge in [-0.3, -0.25) is 10.2 Å². The number of hydrogen-bond acceptors (Lipinski definition) is 2. The van der Waals surface area contributed by atoms with Gasteiger partial charge in [0, 0.05) is 5.69 Å². The summed E-state index contributed by atoms with van der Waals surface area (Å²) in [4.78, 5) is 11.7. The van der Waals surface area contributed by atoms with Crippen LogP contribution < -0.4 is 10.7 Å². The van der Waals surface area contributed by atoms with Crippen molar-refractivity contribution in [2.45, 2.75) is 33.9 Å². The molecule has 0 radical (unpaired) electrons. The highest BCUT2D eigenvalue weighted by atomic mass is 19.4. The van der Waals surface area contributed by atoms with Gasteiger partial charge in [-0.05, 0) is 37.1 Å². The number of carbonyl (C=O) groups excluding carboxylic acids is 1. The van der Waals surface area contributed by atoms with E-state index in [0.29, 0.717) is 11.9 Å². The maximum Gasteiger partial charge on any atom is 0.422 e. The molecule has 1 rings (SSSR count). The third-order valence-corrected chi connectivity index (χ3v) is 2.92. The second-order valence-electron chi connectivity index (χ2n) is 4.74. The predicted octanol–water partition coefficient (Wildman–Crippen LogP) is 3.12. The quantitative estimate of drug-likeness (QED) is 0.467. The van der Waals surface area contributed by atoms with E-state index in [1.54, 1.807) is 0 Å². The van der Waals surface area contributed by atoms with Crippen LogP contribution in [0, 0.1) is 13.8 Å². The Labute approximate surface area is 145 Å². The molecular weight excluding hydrogens is 333 g/mol. The first kappa shape index (κ1) is 22.4. The van der Waals surface area contributed by atoms with E-state index in [1.165, 1.54) is 0 Å². The van der Waals surface area contributed by atoms with Gasteiger partial charge < -0.3 is 10.1 Å². The molecule has 7 heteroatoms. The summed E-state index contributed by atoms with van der Waals surface area (Å²) < 4.78 is 42.0. The van der Waals surface area contributed by atoms with Gasteiger partial charge in [0.2, 0.25) is 0 Å². The lowest BCUT2D eigenvalue weighted by atomic mass is 10.1. The normalized spacial score (nSPS) is 11.6. The zero-order valence-electron chi connectivity index (χ0n) is 14.8. The molecule has 0 saturated carbocycles. The number of para-hydroxylation sites is 1. The summed E-state index contributed by atoms with van der Waals surface area (Å²) in [6, 6.07) is 5.59. The monoisotopic (exact) mass is 357 g/mol. The number of anilines is 1. The summed E-state index contributed by atoms with van der Waals surface area (Å²) in [7, 11) is 0. The molecular formula is C18H24F3N2O2+. The molecule has 0 aromatic heterocycles. The van der Waals surface area contributed by atoms with Gasteiger partial charge in [-0.1, -0.05) is 32.0 Å². The number of ether oxygens (including phenoxy) is 1. The van der Waals surface area contributed by atoms with E-state index in [2.05, 4.69) is 5.32 Å². The number of nitrogens with one attached hydrogen (secondary N) is 1. The first-order chi connectivity index (χ1) is 11.8. The van der Waals surface area contributed by atoms with Crippen LogP contribution in [0.1, 0.15) is 25.0 Å². The van der Waals surface area contributed by atoms with E-state index in [9.17, 15) is 18.0 Å². The summed E-state index contributed by atoms with van der Waals surface area (Å²) in [5, 5.41) is 7.58. The number of amides is 1. The molecule has 4 nitrogen and oxygen atoms in total. The van der Waals surface area contributed by atoms with Gasteiger partial charge in [0.15, 0.2) is 12.8 Å². The number of halogens is 3. The number of nitrogens with two attached hydrogens (primary N) is 1. The van der Waals surface area contributed by atoms with Crippen molar-refractivity contribution in [1.29, 1.82) is 0 Å². The second-order valence-corrected chi connectivity index (χ2v) is 4.74. The van der Waals surface area contributed by atoms with Crippen LogP contribution in [0.15, 0.2) is 42.2 Å². The molecule has 1 aromatic carbocycles. The Kier molecular flexibility index (Phi) is 9.93. The van der Waals surface area contributed by atoms with Gasteiger partial charge in [-0.15, -0.1) is 0 Å². The average molecular weight is 357 g/mol. The highest BCUT2D eigenvalue weighted by Crippen LogP contribution is 2.23. The number of alkyl halides is 3. The lowest BCUT2D eigenvalue weighted by Crippen LogP contribution is -2.34. The molecule has 0 fully saturated rings. The minimum Gasteiger partial charge on any atom is -0.491 e. The molecule has 0 heterocycles. The van der Waals surface area contributed by atoms with Crippen LogP contribution >= 0.6 is 0 Å². The minimum atomic E-state index is -4.53. The number of carbonyl (C=O) groups is 1. The summed E-state index contributed by atoms with van der Waals surface area (Å²) in [5.74, 6) is -0.405. The first-order valence-electron chi connectivity index (χ1n) is 7.72. The van der Waals surface area contributed by atoms with E-state index >= 15 is 0 Å². The van der Waals surface area contributed by atoms with Crippen molar-refractivity contribution in [3.8, 4) is 0 Å². The number of allylic oxidation sites excluding steroid dienone is 3. The Morgan fingerprint density at radius 1 is 1.24 bits per heavy atom. The second kappa shape index (κ2) is 11.1. The fraction of sp³-hybridized carbons (Fsp3) is 0.333. The molecule has 0 atom stereocenters. The number of benzene rings is 1. The van der Waals surface area contributed by atoms with Crippen molar-refractivity contribution in [3.05, 3.63) is 53.3 Å². The fourth-order valence-electron chi connectivity index (χ4n) is 1.75. The zero-order valence-corrected chi connectivity index (χ0v) is 14.8. The molecule has 0 spiro atoms. The van der Waals surface area contributed by atoms with E-state index < -0.39 is 17.7 Å². The van der Waals surface area contributed by atoms with Crippen molar-refractivity contribution in [2.75, 3.05) is 11.9 Å². The lowest BCUT2D eigenvalue weighted by Gasteiger charge is -2.11. The van der Waals surface area contributed by atoms with Crippen LogP contribution in [0.4, 0.5) is 18.9 Å². The summed E-state index contributed by atoms with van der Waals surface area (Å²) in [6.07, 6.45) is -1.29. The Balaban J connectivity index is 0.00000277. The zero-order chi connectivity index (χ0) is 19.5. The molecule has 0 saturated heterocycles. The van der Waals surface area contributed by atoms with Gasteiger partial charge >= 0.3 is 6.18 Å². The van der Waals surface area contributed by atoms with Crippen LogP contribution in [-0.4, -0.2) is 24.9 Å². The topological polar surface area (TPSA) is 63.9 Å². The predicted molar refractivity (Wildman–Crippen MR) is 93.1 cm³/mol. The maximum atomic E-state index is 12.4. The van der Waals surface area contributed by atoms with Gasteiger partial charge in [-0.25, -0.2) is 0 Å². The van der Waals surface area contributed by atoms with Gasteiger partial charge in [0.05, 0.1) is 6.26 Å². The van der Waals surface area contributed by atoms with Crippen LogP contribution in [0.3, 0.4) is 0 Å². The van der Waals surface area contributed by atoms with Crippen LogP contribution in [0.25, 0.3) is 0 Å². The highest BCUT2D eigenvalue weighted by molar-refractivity contribution is 5.93. The molecule has 0 aliphatic carbocycles. The average Bonchev–Trinajstić information content (AvgIpc) is 2.55. The molecule has 0 aliphatic heterocycles. The van der Waals surface area contributed by atoms with Crippen LogP contribution in [0.5, 0.6) is 0 Å². The smallest absolute Gasteiger partial charge is 0.422 e. The molecule has 0 aliphatic rings. The third-order valence-electron chi connectivity index (χ3n) is 2.92. The summed E-state index contributed by atoms with van der Waals surface area (Å²) in [5.41, 5.74) is 1.51. The maximum absolute atomic E-state index is 12.4. The standard InChI is InChI=1S/C16H17F3N2O2.C2H6/c1-11-5-3-6-12(2)15(11)21-14(22)10-23-8-4-7-13(9-20)16(17,18)19;1-2/h3-9,20H,10H2,1-2H3,(H,21,22);1-2H3/p+1/b8-4-,13-7+,20-9?;. The van der Waals surface area contributed by atoms with Crippen LogP contribution in [-0.2, 0) is 9.53 Å². The summed E-state index contributed by atoms with van der Waals surface area (Å²) in [6.45, 7) is 7.40. The third kappa shape index (κ3) is 8.19. The van der Waals surface area contributed by atoms with Crippen molar-refractivity contribution in [2.24, 2.45) is 0 Å². The Hall–Kier alpha value is -2.57. The molecule has 3 N–H and O–H groups in total. The molecule has 25 heavy (non-hydrogen) atoms. The van der Waals surface area contributed by atoms with E-state index in [1.807, 2.05) is 45.9 Å². The van der Waals surface area contributed by atoms with Gasteiger partial charge in [0.1, 0.15) is 5.57 Å². The fourth-order valence-corrected chi connectivity index (χ4v) is 1.75. The van der Waals surface area contributed by atoms with Crippen molar-refractivity contribution >= 4 is 17.8 Å². The Morgan fingerprint density at radius 2 is 1.80 bits per heavy atom. The summed E-state index contributed by atoms with van der Waals surface area (Å²) >= 11 is 0. The van der Waals surface area contributed by atoms with Gasteiger partial charge in [0.25, 0.3) is 5.91 Å². The number of rotatable bonds is 6. The highest BCUT2D eigenvalue weighted by Gasteiger charge is 2.33. The largest absolute Gasteiger partial charge is 0.491 e. The SMILES string of the molecule is CC.Cc1cccc(C)c1NC(=O)CO/C=C\C=C(/C=[NH2+])C(F)(F)F. The number of aryl methyl sites for hydroxylation is 2. The molecule has 0 bridgehead atoms. The lowest BCUT2D eigenvalue weighted by molar-refractivity contribution is -0.120. The van der Waals surface area contributed by atoms with E-state index in [4.69, 9.17) is 10.1 Å². The Morgan fingerprint density at radius 3 is 2.28 bits per heavy atom. The van der Waals surface area contributed by atoms with Crippen molar-refractivity contribution < 1.29 is 28.1 Å². The minimum absolute atomic E-state index is 0.314. The van der Waals surface area contributed by atoms with E-state index in [-0.39, 0.29) is 6.61 Å². The number of hydrogen-bond donors (Lipinski definition) is 2. The molecule has 1 aromatic rings. The first-order valence-corrected chi connectivity index (χ1v) is 7.72. The van der Waals surface area contributed by atoms with Crippen molar-refractivity contribution in [3.63, 3.8) is 0 Å². The molecule has 1 amide bonds. The van der Waals surface area contributed by atoms with Crippen LogP contribution in [0.2, 0.25) is 0 Å². The Bertz CT molecular complexity index is 615. The molecule has 0 unspecified atom stereocenters. The van der Waals surface area contributed by atoms with Crippen molar-refractivity contribution in [1.82, 2.24) is 0 Å².